The van der Waals surface area contributed by atoms with Crippen molar-refractivity contribution in [1.82, 2.24) is 0 Å². The minimum absolute atomic E-state index is 0.0921. The molecule has 2 N–H and O–H groups in total. The minimum atomic E-state index is -4.52. The van der Waals surface area contributed by atoms with E-state index in [1.54, 1.807) is 0 Å². The molecule has 0 aromatic carbocycles. The first-order chi connectivity index (χ1) is 17.9. The number of unbranched alkanes of at least 4 members (excludes halogenated alkanes) is 7. The third-order valence-corrected chi connectivity index (χ3v) is 9.84. The Morgan fingerprint density at radius 1 is 0.865 bits per heavy atom. The van der Waals surface area contributed by atoms with Crippen LogP contribution < -0.4 is 0 Å². The quantitative estimate of drug-likeness (QED) is 0.0684. The van der Waals surface area contributed by atoms with Crippen LogP contribution in [0.3, 0.4) is 0 Å². The van der Waals surface area contributed by atoms with Crippen molar-refractivity contribution in [1.29, 1.82) is 0 Å². The van der Waals surface area contributed by atoms with Gasteiger partial charge in [0, 0.05) is 6.61 Å². The molecule has 1 aliphatic rings. The molecule has 220 valence electrons. The molecule has 0 aromatic rings. The Hall–Kier alpha value is -0.0700. The summed E-state index contributed by atoms with van der Waals surface area (Å²) in [7, 11) is -4.52. The van der Waals surface area contributed by atoms with Crippen LogP contribution >= 0.6 is 19.4 Å². The van der Waals surface area contributed by atoms with Crippen LogP contribution in [-0.2, 0) is 13.8 Å². The molecule has 1 fully saturated rings. The molecule has 0 radical (unpaired) electrons. The van der Waals surface area contributed by atoms with Crippen molar-refractivity contribution in [2.75, 3.05) is 24.7 Å². The second-order valence-electron chi connectivity index (χ2n) is 11.0. The maximum Gasteiger partial charge on any atom is 0.435 e. The summed E-state index contributed by atoms with van der Waals surface area (Å²) in [6.45, 7) is 4.67. The van der Waals surface area contributed by atoms with Crippen LogP contribution in [0.2, 0.25) is 0 Å². The SMILES string of the molecule is CCCCCC(CCSCCCCCCCCC(C)OCCCOP(=O)(O)C(=O)O)C1CCCCCC1. The van der Waals surface area contributed by atoms with Gasteiger partial charge in [-0.25, -0.2) is 9.36 Å². The third kappa shape index (κ3) is 18.8. The molecule has 1 saturated carbocycles. The van der Waals surface area contributed by atoms with Crippen LogP contribution in [0.5, 0.6) is 0 Å². The summed E-state index contributed by atoms with van der Waals surface area (Å²) in [5.41, 5.74) is -1.81. The highest BCUT2D eigenvalue weighted by atomic mass is 32.2. The molecule has 3 atom stereocenters. The number of ether oxygens (including phenoxy) is 1. The van der Waals surface area contributed by atoms with Crippen molar-refractivity contribution in [2.45, 2.75) is 142 Å². The van der Waals surface area contributed by atoms with E-state index in [2.05, 4.69) is 23.2 Å². The zero-order valence-corrected chi connectivity index (χ0v) is 25.6. The topological polar surface area (TPSA) is 93.1 Å². The van der Waals surface area contributed by atoms with Gasteiger partial charge in [0.1, 0.15) is 0 Å². The van der Waals surface area contributed by atoms with Crippen molar-refractivity contribution < 1.29 is 28.6 Å². The first-order valence-electron chi connectivity index (χ1n) is 15.3. The average molecular weight is 565 g/mol. The van der Waals surface area contributed by atoms with Crippen molar-refractivity contribution >= 4 is 25.1 Å². The van der Waals surface area contributed by atoms with Gasteiger partial charge in [0.15, 0.2) is 0 Å². The van der Waals surface area contributed by atoms with Crippen LogP contribution in [0.4, 0.5) is 4.79 Å². The van der Waals surface area contributed by atoms with Gasteiger partial charge in [0.25, 0.3) is 0 Å². The predicted octanol–water partition coefficient (Wildman–Crippen LogP) is 9.68. The highest BCUT2D eigenvalue weighted by molar-refractivity contribution is 7.99. The summed E-state index contributed by atoms with van der Waals surface area (Å²) in [4.78, 5) is 19.6. The monoisotopic (exact) mass is 564 g/mol. The molecule has 0 bridgehead atoms. The normalized spacial score (nSPS) is 18.2. The van der Waals surface area contributed by atoms with Crippen molar-refractivity contribution in [3.8, 4) is 0 Å². The van der Waals surface area contributed by atoms with Gasteiger partial charge in [-0.15, -0.1) is 0 Å². The summed E-state index contributed by atoms with van der Waals surface area (Å²) in [6, 6.07) is 0. The highest BCUT2D eigenvalue weighted by Crippen LogP contribution is 2.42. The Morgan fingerprint density at radius 2 is 1.51 bits per heavy atom. The third-order valence-electron chi connectivity index (χ3n) is 7.73. The van der Waals surface area contributed by atoms with Gasteiger partial charge in [-0.2, -0.15) is 11.8 Å². The summed E-state index contributed by atoms with van der Waals surface area (Å²) in [5.74, 6) is 4.66. The lowest BCUT2D eigenvalue weighted by molar-refractivity contribution is 0.0499. The van der Waals surface area contributed by atoms with Gasteiger partial charge in [0.05, 0.1) is 12.7 Å². The van der Waals surface area contributed by atoms with E-state index < -0.39 is 13.3 Å². The maximum absolute atomic E-state index is 11.1. The van der Waals surface area contributed by atoms with Crippen LogP contribution in [0.15, 0.2) is 0 Å². The number of carbonyl (C=O) groups is 1. The standard InChI is InChI=1S/C29H57O6PS/c1-3-4-11-18-28(27-19-13-8-9-14-20-27)21-25-37-24-15-10-6-5-7-12-17-26(2)34-22-16-23-35-36(32,33)29(30)31/h26-28H,3-25H2,1-2H3,(H,30,31)(H,32,33). The number of thioether (sulfide) groups is 1. The Bertz CT molecular complexity index is 597. The molecule has 3 unspecified atom stereocenters. The second-order valence-corrected chi connectivity index (χ2v) is 13.9. The van der Waals surface area contributed by atoms with E-state index in [0.717, 1.165) is 24.7 Å². The van der Waals surface area contributed by atoms with E-state index >= 15 is 0 Å². The van der Waals surface area contributed by atoms with Crippen molar-refractivity contribution in [3.05, 3.63) is 0 Å². The summed E-state index contributed by atoms with van der Waals surface area (Å²) in [5, 5.41) is 8.54. The van der Waals surface area contributed by atoms with E-state index in [-0.39, 0.29) is 12.7 Å². The molecular weight excluding hydrogens is 507 g/mol. The number of rotatable bonds is 24. The van der Waals surface area contributed by atoms with Crippen LogP contribution in [0.25, 0.3) is 0 Å². The van der Waals surface area contributed by atoms with Crippen LogP contribution in [0, 0.1) is 11.8 Å². The van der Waals surface area contributed by atoms with E-state index in [4.69, 9.17) is 14.7 Å². The van der Waals surface area contributed by atoms with Gasteiger partial charge in [-0.1, -0.05) is 103 Å². The number of hydrogen-bond acceptors (Lipinski definition) is 5. The van der Waals surface area contributed by atoms with Gasteiger partial charge >= 0.3 is 13.3 Å². The van der Waals surface area contributed by atoms with Crippen LogP contribution in [0.1, 0.15) is 136 Å². The summed E-state index contributed by atoms with van der Waals surface area (Å²) in [6.07, 6.45) is 25.2. The van der Waals surface area contributed by atoms with E-state index in [1.807, 2.05) is 6.92 Å². The van der Waals surface area contributed by atoms with Gasteiger partial charge in [-0.3, -0.25) is 0 Å². The first-order valence-corrected chi connectivity index (χ1v) is 18.0. The smallest absolute Gasteiger partial charge is 0.435 e. The molecule has 0 spiro atoms. The fourth-order valence-electron chi connectivity index (χ4n) is 5.40. The zero-order valence-electron chi connectivity index (χ0n) is 23.9. The molecule has 1 rings (SSSR count). The fraction of sp³-hybridized carbons (Fsp3) is 0.966. The molecule has 0 saturated heterocycles. The first kappa shape index (κ1) is 35.0. The number of carboxylic acid groups (broad SMARTS) is 1. The van der Waals surface area contributed by atoms with E-state index in [1.165, 1.54) is 114 Å². The molecule has 6 nitrogen and oxygen atoms in total. The van der Waals surface area contributed by atoms with Crippen LogP contribution in [-0.4, -0.2) is 46.5 Å². The lowest BCUT2D eigenvalue weighted by Crippen LogP contribution is -2.15. The molecule has 0 aromatic heterocycles. The van der Waals surface area contributed by atoms with E-state index in [0.29, 0.717) is 13.0 Å². The zero-order chi connectivity index (χ0) is 27.2. The molecule has 0 aliphatic heterocycles. The Kier molecular flexibility index (Phi) is 21.5. The minimum Gasteiger partial charge on any atom is -0.472 e. The second kappa shape index (κ2) is 22.7. The molecule has 8 heteroatoms. The lowest BCUT2D eigenvalue weighted by atomic mass is 9.81. The average Bonchev–Trinajstić information content (AvgIpc) is 3.15. The van der Waals surface area contributed by atoms with Crippen molar-refractivity contribution in [3.63, 3.8) is 0 Å². The summed E-state index contributed by atoms with van der Waals surface area (Å²) >= 11 is 2.19. The highest BCUT2D eigenvalue weighted by Gasteiger charge is 2.29. The Balaban J connectivity index is 1.96. The predicted molar refractivity (Wildman–Crippen MR) is 157 cm³/mol. The molecule has 37 heavy (non-hydrogen) atoms. The maximum atomic E-state index is 11.1. The fourth-order valence-corrected chi connectivity index (χ4v) is 6.97. The molecule has 0 amide bonds. The van der Waals surface area contributed by atoms with Gasteiger partial charge in [-0.05, 0) is 55.9 Å². The largest absolute Gasteiger partial charge is 0.472 e. The van der Waals surface area contributed by atoms with Gasteiger partial charge < -0.3 is 19.3 Å². The molecule has 1 aliphatic carbocycles. The Labute approximate surface area is 232 Å². The van der Waals surface area contributed by atoms with Crippen molar-refractivity contribution in [2.24, 2.45) is 11.8 Å². The number of hydrogen-bond donors (Lipinski definition) is 2. The Morgan fingerprint density at radius 3 is 2.19 bits per heavy atom. The molecular formula is C29H57O6PS. The summed E-state index contributed by atoms with van der Waals surface area (Å²) < 4.78 is 21.4. The van der Waals surface area contributed by atoms with E-state index in [9.17, 15) is 9.36 Å². The van der Waals surface area contributed by atoms with Gasteiger partial charge in [0.2, 0.25) is 0 Å². The lowest BCUT2D eigenvalue weighted by Gasteiger charge is -2.26. The molecule has 0 heterocycles.